The van der Waals surface area contributed by atoms with Gasteiger partial charge in [-0.3, -0.25) is 0 Å². The summed E-state index contributed by atoms with van der Waals surface area (Å²) in [4.78, 5) is 17.0. The van der Waals surface area contributed by atoms with Gasteiger partial charge in [0.25, 0.3) is 0 Å². The zero-order chi connectivity index (χ0) is 13.3. The molecule has 2 fully saturated rings. The van der Waals surface area contributed by atoms with Gasteiger partial charge in [0.2, 0.25) is 6.08 Å². The normalized spacial score (nSPS) is 20.8. The molecular formula is C14H15BrN2O2. The molecule has 2 aliphatic rings. The smallest absolute Gasteiger partial charge is 0.235 e. The van der Waals surface area contributed by atoms with Crippen LogP contribution in [0.4, 0.5) is 5.69 Å². The molecule has 0 unspecified atom stereocenters. The fourth-order valence-corrected chi connectivity index (χ4v) is 2.97. The van der Waals surface area contributed by atoms with E-state index in [9.17, 15) is 4.79 Å². The van der Waals surface area contributed by atoms with Crippen molar-refractivity contribution in [3.63, 3.8) is 0 Å². The van der Waals surface area contributed by atoms with Gasteiger partial charge in [-0.25, -0.2) is 4.79 Å². The Bertz CT molecular complexity index is 530. The number of morpholine rings is 1. The van der Waals surface area contributed by atoms with Crippen LogP contribution in [-0.4, -0.2) is 32.4 Å². The average Bonchev–Trinajstić information content (AvgIpc) is 3.21. The van der Waals surface area contributed by atoms with Crippen LogP contribution in [0.2, 0.25) is 0 Å². The number of aliphatic imine (C=N–C) groups is 1. The predicted molar refractivity (Wildman–Crippen MR) is 76.2 cm³/mol. The number of hydrogen-bond donors (Lipinski definition) is 0. The second kappa shape index (κ2) is 5.08. The summed E-state index contributed by atoms with van der Waals surface area (Å²) in [6.07, 6.45) is 3.59. The lowest BCUT2D eigenvalue weighted by Crippen LogP contribution is -2.37. The highest BCUT2D eigenvalue weighted by molar-refractivity contribution is 9.10. The third-order valence-electron chi connectivity index (χ3n) is 3.79. The standard InChI is InChI=1S/C14H15BrN2O2/c15-11-1-2-13(17-5-7-19-8-6-17)12(9-11)14(3-4-14)16-10-18/h1-2,9H,3-8H2. The number of isocyanates is 1. The van der Waals surface area contributed by atoms with Gasteiger partial charge in [-0.1, -0.05) is 15.9 Å². The second-order valence-electron chi connectivity index (χ2n) is 5.00. The summed E-state index contributed by atoms with van der Waals surface area (Å²) in [6, 6.07) is 6.22. The molecule has 0 atom stereocenters. The SMILES string of the molecule is O=C=NC1(c2cc(Br)ccc2N2CCOCC2)CC1. The Kier molecular flexibility index (Phi) is 3.44. The third kappa shape index (κ3) is 2.46. The fraction of sp³-hybridized carbons (Fsp3) is 0.500. The van der Waals surface area contributed by atoms with Gasteiger partial charge in [0, 0.05) is 28.8 Å². The second-order valence-corrected chi connectivity index (χ2v) is 5.91. The Labute approximate surface area is 120 Å². The fourth-order valence-electron chi connectivity index (χ4n) is 2.61. The van der Waals surface area contributed by atoms with Crippen LogP contribution in [0.1, 0.15) is 18.4 Å². The Balaban J connectivity index is 2.02. The highest BCUT2D eigenvalue weighted by Crippen LogP contribution is 2.52. The summed E-state index contributed by atoms with van der Waals surface area (Å²) in [5, 5.41) is 0. The Hall–Kier alpha value is -1.16. The Morgan fingerprint density at radius 1 is 1.32 bits per heavy atom. The molecule has 0 amide bonds. The molecule has 0 N–H and O–H groups in total. The first-order valence-corrected chi connectivity index (χ1v) is 7.26. The molecule has 0 aromatic heterocycles. The first kappa shape index (κ1) is 12.9. The van der Waals surface area contributed by atoms with Gasteiger partial charge in [0.05, 0.1) is 13.2 Å². The number of hydrogen-bond acceptors (Lipinski definition) is 4. The first-order chi connectivity index (χ1) is 9.25. The summed E-state index contributed by atoms with van der Waals surface area (Å²) in [5.74, 6) is 0. The molecule has 5 heteroatoms. The average molecular weight is 323 g/mol. The molecule has 0 radical (unpaired) electrons. The van der Waals surface area contributed by atoms with Crippen LogP contribution in [0.25, 0.3) is 0 Å². The summed E-state index contributed by atoms with van der Waals surface area (Å²) in [5.41, 5.74) is 1.97. The van der Waals surface area contributed by atoms with E-state index >= 15 is 0 Å². The molecule has 1 heterocycles. The monoisotopic (exact) mass is 322 g/mol. The Morgan fingerprint density at radius 2 is 2.05 bits per heavy atom. The highest BCUT2D eigenvalue weighted by Gasteiger charge is 2.47. The van der Waals surface area contributed by atoms with Crippen LogP contribution >= 0.6 is 15.9 Å². The van der Waals surface area contributed by atoms with Crippen molar-refractivity contribution in [2.45, 2.75) is 18.4 Å². The molecule has 1 aromatic carbocycles. The van der Waals surface area contributed by atoms with Crippen molar-refractivity contribution in [1.29, 1.82) is 0 Å². The van der Waals surface area contributed by atoms with Crippen molar-refractivity contribution in [3.8, 4) is 0 Å². The number of nitrogens with zero attached hydrogens (tertiary/aromatic N) is 2. The minimum Gasteiger partial charge on any atom is -0.378 e. The zero-order valence-electron chi connectivity index (χ0n) is 10.6. The van der Waals surface area contributed by atoms with Crippen LogP contribution in [0.5, 0.6) is 0 Å². The van der Waals surface area contributed by atoms with Crippen LogP contribution in [0.15, 0.2) is 27.7 Å². The van der Waals surface area contributed by atoms with Gasteiger partial charge in [0.15, 0.2) is 0 Å². The van der Waals surface area contributed by atoms with E-state index in [1.165, 1.54) is 5.69 Å². The number of ether oxygens (including phenoxy) is 1. The number of rotatable bonds is 3. The lowest BCUT2D eigenvalue weighted by atomic mass is 10.0. The summed E-state index contributed by atoms with van der Waals surface area (Å²) < 4.78 is 6.42. The van der Waals surface area contributed by atoms with Crippen molar-refractivity contribution in [2.24, 2.45) is 4.99 Å². The van der Waals surface area contributed by atoms with Crippen LogP contribution in [0.3, 0.4) is 0 Å². The highest BCUT2D eigenvalue weighted by atomic mass is 79.9. The lowest BCUT2D eigenvalue weighted by molar-refractivity contribution is 0.122. The van der Waals surface area contributed by atoms with E-state index in [1.54, 1.807) is 6.08 Å². The summed E-state index contributed by atoms with van der Waals surface area (Å²) >= 11 is 3.51. The van der Waals surface area contributed by atoms with E-state index in [1.807, 2.05) is 6.07 Å². The molecule has 1 saturated carbocycles. The largest absolute Gasteiger partial charge is 0.378 e. The molecule has 19 heavy (non-hydrogen) atoms. The molecule has 4 nitrogen and oxygen atoms in total. The van der Waals surface area contributed by atoms with Crippen molar-refractivity contribution in [3.05, 3.63) is 28.2 Å². The quantitative estimate of drug-likeness (QED) is 0.634. The van der Waals surface area contributed by atoms with Crippen molar-refractivity contribution in [2.75, 3.05) is 31.2 Å². The van der Waals surface area contributed by atoms with Crippen LogP contribution in [-0.2, 0) is 15.1 Å². The van der Waals surface area contributed by atoms with Crippen molar-refractivity contribution < 1.29 is 9.53 Å². The van der Waals surface area contributed by atoms with Crippen molar-refractivity contribution >= 4 is 27.7 Å². The van der Waals surface area contributed by atoms with Gasteiger partial charge in [-0.05, 0) is 31.0 Å². The maximum Gasteiger partial charge on any atom is 0.235 e. The molecule has 0 bridgehead atoms. The molecule has 1 saturated heterocycles. The van der Waals surface area contributed by atoms with Gasteiger partial charge in [0.1, 0.15) is 5.54 Å². The topological polar surface area (TPSA) is 41.9 Å². The summed E-state index contributed by atoms with van der Waals surface area (Å²) in [6.45, 7) is 3.27. The van der Waals surface area contributed by atoms with E-state index in [4.69, 9.17) is 4.74 Å². The van der Waals surface area contributed by atoms with E-state index in [2.05, 4.69) is 38.0 Å². The number of halogens is 1. The van der Waals surface area contributed by atoms with Gasteiger partial charge >= 0.3 is 0 Å². The van der Waals surface area contributed by atoms with Gasteiger partial charge < -0.3 is 9.64 Å². The van der Waals surface area contributed by atoms with Crippen LogP contribution < -0.4 is 4.90 Å². The minimum absolute atomic E-state index is 0.334. The van der Waals surface area contributed by atoms with Gasteiger partial charge in [-0.2, -0.15) is 4.99 Å². The lowest BCUT2D eigenvalue weighted by Gasteiger charge is -2.31. The van der Waals surface area contributed by atoms with E-state index < -0.39 is 0 Å². The molecule has 1 aromatic rings. The molecule has 100 valence electrons. The van der Waals surface area contributed by atoms with E-state index in [0.717, 1.165) is 49.2 Å². The molecule has 1 aliphatic carbocycles. The first-order valence-electron chi connectivity index (χ1n) is 6.47. The number of carbonyl (C=O) groups excluding carboxylic acids is 1. The van der Waals surface area contributed by atoms with Crippen LogP contribution in [0, 0.1) is 0 Å². The van der Waals surface area contributed by atoms with E-state index in [0.29, 0.717) is 0 Å². The van der Waals surface area contributed by atoms with E-state index in [-0.39, 0.29) is 5.54 Å². The number of benzene rings is 1. The molecule has 1 aliphatic heterocycles. The maximum atomic E-state index is 10.7. The predicted octanol–water partition coefficient (Wildman–Crippen LogP) is 2.61. The summed E-state index contributed by atoms with van der Waals surface area (Å²) in [7, 11) is 0. The zero-order valence-corrected chi connectivity index (χ0v) is 12.1. The minimum atomic E-state index is -0.334. The van der Waals surface area contributed by atoms with Gasteiger partial charge in [-0.15, -0.1) is 0 Å². The maximum absolute atomic E-state index is 10.7. The molecular weight excluding hydrogens is 308 g/mol. The molecule has 3 rings (SSSR count). The Morgan fingerprint density at radius 3 is 2.68 bits per heavy atom. The number of anilines is 1. The van der Waals surface area contributed by atoms with Crippen molar-refractivity contribution in [1.82, 2.24) is 0 Å². The molecule has 0 spiro atoms. The third-order valence-corrected chi connectivity index (χ3v) is 4.29.